The van der Waals surface area contributed by atoms with E-state index >= 15 is 0 Å². The third kappa shape index (κ3) is 4.45. The second kappa shape index (κ2) is 4.79. The molecular weight excluding hydrogens is 182 g/mol. The summed E-state index contributed by atoms with van der Waals surface area (Å²) in [4.78, 5) is 10.6. The summed E-state index contributed by atoms with van der Waals surface area (Å²) in [6.45, 7) is 4.03. The van der Waals surface area contributed by atoms with Gasteiger partial charge in [-0.05, 0) is 13.3 Å². The molecule has 0 aromatic carbocycles. The molecule has 1 amide bonds. The van der Waals surface area contributed by atoms with E-state index < -0.39 is 0 Å². The number of amides is 1. The van der Waals surface area contributed by atoms with Crippen molar-refractivity contribution in [1.82, 2.24) is 5.32 Å². The van der Waals surface area contributed by atoms with Crippen LogP contribution in [0.1, 0.15) is 20.3 Å². The van der Waals surface area contributed by atoms with Gasteiger partial charge in [-0.3, -0.25) is 4.79 Å². The number of nitrogens with one attached hydrogen (secondary N) is 1. The Bertz CT molecular complexity index is 95.1. The summed E-state index contributed by atoms with van der Waals surface area (Å²) in [5, 5.41) is 3.19. The lowest BCUT2D eigenvalue weighted by Crippen LogP contribution is -2.32. The van der Waals surface area contributed by atoms with E-state index in [0.29, 0.717) is 11.4 Å². The predicted molar refractivity (Wildman–Crippen MR) is 41.7 cm³/mol. The molecular formula is C6H12BrNO. The highest BCUT2D eigenvalue weighted by atomic mass is 79.9. The molecule has 0 heterocycles. The zero-order valence-electron chi connectivity index (χ0n) is 5.78. The van der Waals surface area contributed by atoms with Crippen molar-refractivity contribution < 1.29 is 4.79 Å². The van der Waals surface area contributed by atoms with Crippen molar-refractivity contribution in [2.75, 3.05) is 5.33 Å². The molecule has 1 atom stereocenters. The molecule has 9 heavy (non-hydrogen) atoms. The zero-order valence-corrected chi connectivity index (χ0v) is 7.36. The maximum atomic E-state index is 10.6. The average molecular weight is 194 g/mol. The first-order valence-electron chi connectivity index (χ1n) is 3.06. The maximum absolute atomic E-state index is 10.6. The molecule has 2 nitrogen and oxygen atoms in total. The second-order valence-corrected chi connectivity index (χ2v) is 2.57. The zero-order chi connectivity index (χ0) is 7.28. The number of hydrogen-bond acceptors (Lipinski definition) is 1. The van der Waals surface area contributed by atoms with Crippen LogP contribution in [-0.4, -0.2) is 17.3 Å². The summed E-state index contributed by atoms with van der Waals surface area (Å²) in [6, 6.07) is 0.301. The third-order valence-electron chi connectivity index (χ3n) is 1.14. The van der Waals surface area contributed by atoms with Gasteiger partial charge in [0.05, 0.1) is 5.33 Å². The van der Waals surface area contributed by atoms with Crippen molar-refractivity contribution in [3.05, 3.63) is 0 Å². The van der Waals surface area contributed by atoms with Gasteiger partial charge in [-0.15, -0.1) is 0 Å². The molecule has 0 aliphatic carbocycles. The van der Waals surface area contributed by atoms with Crippen LogP contribution in [0.5, 0.6) is 0 Å². The van der Waals surface area contributed by atoms with Crippen LogP contribution in [0.2, 0.25) is 0 Å². The normalized spacial score (nSPS) is 12.8. The smallest absolute Gasteiger partial charge is 0.230 e. The number of halogens is 1. The molecule has 0 spiro atoms. The van der Waals surface area contributed by atoms with Crippen molar-refractivity contribution in [3.8, 4) is 0 Å². The van der Waals surface area contributed by atoms with E-state index in [1.807, 2.05) is 13.8 Å². The van der Waals surface area contributed by atoms with E-state index in [2.05, 4.69) is 21.2 Å². The highest BCUT2D eigenvalue weighted by Gasteiger charge is 2.01. The summed E-state index contributed by atoms with van der Waals surface area (Å²) < 4.78 is 0. The average Bonchev–Trinajstić information content (AvgIpc) is 1.87. The fourth-order valence-electron chi connectivity index (χ4n) is 0.415. The van der Waals surface area contributed by atoms with E-state index in [9.17, 15) is 4.79 Å². The van der Waals surface area contributed by atoms with Crippen molar-refractivity contribution in [2.45, 2.75) is 26.3 Å². The minimum Gasteiger partial charge on any atom is -0.353 e. The van der Waals surface area contributed by atoms with Crippen molar-refractivity contribution in [2.24, 2.45) is 0 Å². The Balaban J connectivity index is 3.34. The molecule has 0 rings (SSSR count). The summed E-state index contributed by atoms with van der Waals surface area (Å²) in [7, 11) is 0. The molecule has 0 aliphatic rings. The molecule has 0 saturated carbocycles. The van der Waals surface area contributed by atoms with Crippen LogP contribution in [0.25, 0.3) is 0 Å². The minimum absolute atomic E-state index is 0.0596. The monoisotopic (exact) mass is 193 g/mol. The fourth-order valence-corrected chi connectivity index (χ4v) is 0.577. The van der Waals surface area contributed by atoms with E-state index in [1.54, 1.807) is 0 Å². The Morgan fingerprint density at radius 3 is 2.67 bits per heavy atom. The molecule has 3 heteroatoms. The Morgan fingerprint density at radius 1 is 1.78 bits per heavy atom. The molecule has 0 bridgehead atoms. The van der Waals surface area contributed by atoms with Gasteiger partial charge in [0.15, 0.2) is 0 Å². The van der Waals surface area contributed by atoms with Gasteiger partial charge in [-0.25, -0.2) is 0 Å². The summed E-state index contributed by atoms with van der Waals surface area (Å²) in [5.74, 6) is 0.0596. The molecule has 0 aliphatic heterocycles. The molecule has 0 radical (unpaired) electrons. The number of alkyl halides is 1. The summed E-state index contributed by atoms with van der Waals surface area (Å²) >= 11 is 3.06. The van der Waals surface area contributed by atoms with Crippen LogP contribution < -0.4 is 5.32 Å². The Hall–Kier alpha value is -0.0500. The predicted octanol–water partition coefficient (Wildman–Crippen LogP) is 1.30. The second-order valence-electron chi connectivity index (χ2n) is 2.01. The maximum Gasteiger partial charge on any atom is 0.230 e. The van der Waals surface area contributed by atoms with Gasteiger partial charge in [0.1, 0.15) is 0 Å². The molecule has 0 aromatic heterocycles. The number of carbonyl (C=O) groups excluding carboxylic acids is 1. The lowest BCUT2D eigenvalue weighted by Gasteiger charge is -2.08. The first-order chi connectivity index (χ1) is 4.20. The molecule has 0 fully saturated rings. The van der Waals surface area contributed by atoms with Gasteiger partial charge >= 0.3 is 0 Å². The molecule has 0 saturated heterocycles. The van der Waals surface area contributed by atoms with E-state index in [0.717, 1.165) is 6.42 Å². The van der Waals surface area contributed by atoms with E-state index in [1.165, 1.54) is 0 Å². The lowest BCUT2D eigenvalue weighted by atomic mass is 10.3. The van der Waals surface area contributed by atoms with Gasteiger partial charge in [-0.2, -0.15) is 0 Å². The lowest BCUT2D eigenvalue weighted by molar-refractivity contribution is -0.119. The molecule has 0 unspecified atom stereocenters. The van der Waals surface area contributed by atoms with Gasteiger partial charge in [0.2, 0.25) is 5.91 Å². The van der Waals surface area contributed by atoms with Crippen molar-refractivity contribution >= 4 is 21.8 Å². The van der Waals surface area contributed by atoms with Crippen LogP contribution in [0, 0.1) is 0 Å². The Kier molecular flexibility index (Phi) is 4.77. The van der Waals surface area contributed by atoms with Gasteiger partial charge < -0.3 is 5.32 Å². The SMILES string of the molecule is CC[C@@H](C)NC(=O)CBr. The summed E-state index contributed by atoms with van der Waals surface area (Å²) in [6.07, 6.45) is 0.985. The summed E-state index contributed by atoms with van der Waals surface area (Å²) in [5.41, 5.74) is 0. The highest BCUT2D eigenvalue weighted by Crippen LogP contribution is 1.88. The fraction of sp³-hybridized carbons (Fsp3) is 0.833. The Morgan fingerprint density at radius 2 is 2.33 bits per heavy atom. The largest absolute Gasteiger partial charge is 0.353 e. The van der Waals surface area contributed by atoms with Crippen LogP contribution >= 0.6 is 15.9 Å². The topological polar surface area (TPSA) is 29.1 Å². The third-order valence-corrected chi connectivity index (χ3v) is 1.65. The first kappa shape index (κ1) is 8.95. The minimum atomic E-state index is 0.0596. The van der Waals surface area contributed by atoms with E-state index in [4.69, 9.17) is 0 Å². The van der Waals surface area contributed by atoms with Crippen molar-refractivity contribution in [3.63, 3.8) is 0 Å². The van der Waals surface area contributed by atoms with Crippen LogP contribution in [0.15, 0.2) is 0 Å². The standard InChI is InChI=1S/C6H12BrNO/c1-3-5(2)8-6(9)4-7/h5H,3-4H2,1-2H3,(H,8,9)/t5-/m1/s1. The quantitative estimate of drug-likeness (QED) is 0.674. The van der Waals surface area contributed by atoms with Gasteiger partial charge in [0.25, 0.3) is 0 Å². The molecule has 0 aromatic rings. The molecule has 1 N–H and O–H groups in total. The number of carbonyl (C=O) groups is 1. The van der Waals surface area contributed by atoms with Crippen LogP contribution in [0.4, 0.5) is 0 Å². The Labute approximate surface area is 64.1 Å². The van der Waals surface area contributed by atoms with Crippen molar-refractivity contribution in [1.29, 1.82) is 0 Å². The highest BCUT2D eigenvalue weighted by molar-refractivity contribution is 9.09. The van der Waals surface area contributed by atoms with Gasteiger partial charge in [-0.1, -0.05) is 22.9 Å². The number of rotatable bonds is 3. The van der Waals surface area contributed by atoms with Gasteiger partial charge in [0, 0.05) is 6.04 Å². The van der Waals surface area contributed by atoms with Crippen LogP contribution in [0.3, 0.4) is 0 Å². The first-order valence-corrected chi connectivity index (χ1v) is 4.18. The molecule has 54 valence electrons. The number of hydrogen-bond donors (Lipinski definition) is 1. The van der Waals surface area contributed by atoms with Crippen LogP contribution in [-0.2, 0) is 4.79 Å². The van der Waals surface area contributed by atoms with E-state index in [-0.39, 0.29) is 5.91 Å².